The van der Waals surface area contributed by atoms with Gasteiger partial charge in [0.2, 0.25) is 21.8 Å². The predicted molar refractivity (Wildman–Crippen MR) is 142 cm³/mol. The van der Waals surface area contributed by atoms with Crippen molar-refractivity contribution in [1.82, 2.24) is 14.5 Å². The number of hydrogen-bond donors (Lipinski definition) is 1. The van der Waals surface area contributed by atoms with Crippen molar-refractivity contribution in [1.29, 1.82) is 0 Å². The number of hydrogen-bond acceptors (Lipinski definition) is 4. The first-order chi connectivity index (χ1) is 17.1. The molecule has 1 saturated carbocycles. The topological polar surface area (TPSA) is 86.8 Å². The van der Waals surface area contributed by atoms with Crippen molar-refractivity contribution in [2.45, 2.75) is 69.0 Å². The number of rotatable bonds is 11. The van der Waals surface area contributed by atoms with Gasteiger partial charge in [-0.3, -0.25) is 9.59 Å². The van der Waals surface area contributed by atoms with Crippen molar-refractivity contribution in [3.63, 3.8) is 0 Å². The van der Waals surface area contributed by atoms with Crippen LogP contribution in [0, 0.1) is 0 Å². The summed E-state index contributed by atoms with van der Waals surface area (Å²) in [7, 11) is -2.15. The molecule has 36 heavy (non-hydrogen) atoms. The molecule has 0 heterocycles. The van der Waals surface area contributed by atoms with Crippen LogP contribution >= 0.6 is 23.2 Å². The Morgan fingerprint density at radius 2 is 1.75 bits per heavy atom. The molecule has 1 fully saturated rings. The second kappa shape index (κ2) is 12.9. The zero-order valence-electron chi connectivity index (χ0n) is 20.6. The van der Waals surface area contributed by atoms with Crippen LogP contribution in [0.25, 0.3) is 0 Å². The summed E-state index contributed by atoms with van der Waals surface area (Å²) in [5, 5.41) is 3.96. The molecular formula is C26H33Cl2N3O4S. The summed E-state index contributed by atoms with van der Waals surface area (Å²) in [5.41, 5.74) is 0.679. The number of nitrogens with one attached hydrogen (secondary N) is 1. The van der Waals surface area contributed by atoms with Gasteiger partial charge in [0, 0.05) is 42.6 Å². The van der Waals surface area contributed by atoms with E-state index >= 15 is 0 Å². The fourth-order valence-corrected chi connectivity index (χ4v) is 6.00. The van der Waals surface area contributed by atoms with Gasteiger partial charge in [0.05, 0.1) is 4.90 Å². The van der Waals surface area contributed by atoms with E-state index in [0.717, 1.165) is 25.7 Å². The van der Waals surface area contributed by atoms with Crippen molar-refractivity contribution in [2.24, 2.45) is 0 Å². The van der Waals surface area contributed by atoms with Crippen LogP contribution in [0.3, 0.4) is 0 Å². The summed E-state index contributed by atoms with van der Waals surface area (Å²) in [6, 6.07) is 12.6. The lowest BCUT2D eigenvalue weighted by Gasteiger charge is -2.30. The third-order valence-electron chi connectivity index (χ3n) is 6.54. The summed E-state index contributed by atoms with van der Waals surface area (Å²) >= 11 is 12.4. The van der Waals surface area contributed by atoms with E-state index in [2.05, 4.69) is 5.32 Å². The highest BCUT2D eigenvalue weighted by atomic mass is 35.5. The Labute approximate surface area is 223 Å². The van der Waals surface area contributed by atoms with E-state index in [9.17, 15) is 18.0 Å². The summed E-state index contributed by atoms with van der Waals surface area (Å²) in [6.45, 7) is 2.02. The first-order valence-corrected chi connectivity index (χ1v) is 14.3. The molecule has 2 aromatic carbocycles. The van der Waals surface area contributed by atoms with Gasteiger partial charge in [-0.15, -0.1) is 0 Å². The van der Waals surface area contributed by atoms with Crippen molar-refractivity contribution in [3.05, 3.63) is 64.1 Å². The molecule has 2 aromatic rings. The second-order valence-electron chi connectivity index (χ2n) is 9.17. The SMILES string of the molecule is C[C@H](C(=O)NC1CCCC1)N(Cc1ccc(Cl)cc1Cl)C(=O)CCCN(C)S(=O)(=O)c1ccccc1. The highest BCUT2D eigenvalue weighted by molar-refractivity contribution is 7.89. The molecule has 7 nitrogen and oxygen atoms in total. The third kappa shape index (κ3) is 7.44. The molecule has 0 aromatic heterocycles. The monoisotopic (exact) mass is 553 g/mol. The maximum atomic E-state index is 13.3. The molecule has 0 spiro atoms. The average molecular weight is 555 g/mol. The minimum atomic E-state index is -3.64. The van der Waals surface area contributed by atoms with Crippen LogP contribution < -0.4 is 5.32 Å². The lowest BCUT2D eigenvalue weighted by molar-refractivity contribution is -0.141. The van der Waals surface area contributed by atoms with E-state index in [4.69, 9.17) is 23.2 Å². The molecule has 3 rings (SSSR count). The number of benzene rings is 2. The minimum absolute atomic E-state index is 0.0842. The number of nitrogens with zero attached hydrogens (tertiary/aromatic N) is 2. The molecule has 1 aliphatic carbocycles. The zero-order chi connectivity index (χ0) is 26.3. The Hall–Kier alpha value is -2.13. The smallest absolute Gasteiger partial charge is 0.242 e. The number of carbonyl (C=O) groups is 2. The Bertz CT molecular complexity index is 1160. The molecule has 0 saturated heterocycles. The fraction of sp³-hybridized carbons (Fsp3) is 0.462. The lowest BCUT2D eigenvalue weighted by Crippen LogP contribution is -2.49. The first kappa shape index (κ1) is 28.4. The number of amides is 2. The van der Waals surface area contributed by atoms with Gasteiger partial charge in [-0.2, -0.15) is 0 Å². The highest BCUT2D eigenvalue weighted by Gasteiger charge is 2.29. The normalized spacial score (nSPS) is 15.1. The van der Waals surface area contributed by atoms with E-state index in [1.165, 1.54) is 16.3 Å². The highest BCUT2D eigenvalue weighted by Crippen LogP contribution is 2.24. The molecule has 0 unspecified atom stereocenters. The van der Waals surface area contributed by atoms with E-state index in [-0.39, 0.29) is 42.3 Å². The van der Waals surface area contributed by atoms with Gasteiger partial charge in [0.15, 0.2) is 0 Å². The van der Waals surface area contributed by atoms with Crippen LogP contribution in [0.1, 0.15) is 51.0 Å². The van der Waals surface area contributed by atoms with Crippen LogP contribution in [0.15, 0.2) is 53.4 Å². The van der Waals surface area contributed by atoms with Crippen molar-refractivity contribution < 1.29 is 18.0 Å². The van der Waals surface area contributed by atoms with Crippen molar-refractivity contribution in [2.75, 3.05) is 13.6 Å². The Morgan fingerprint density at radius 1 is 1.08 bits per heavy atom. The van der Waals surface area contributed by atoms with E-state index < -0.39 is 16.1 Å². The van der Waals surface area contributed by atoms with Gasteiger partial charge in [-0.25, -0.2) is 12.7 Å². The van der Waals surface area contributed by atoms with Gasteiger partial charge in [0.25, 0.3) is 0 Å². The summed E-state index contributed by atoms with van der Waals surface area (Å²) in [5.74, 6) is -0.454. The average Bonchev–Trinajstić information content (AvgIpc) is 3.36. The molecular weight excluding hydrogens is 521 g/mol. The molecule has 1 aliphatic rings. The molecule has 2 amide bonds. The minimum Gasteiger partial charge on any atom is -0.352 e. The Kier molecular flexibility index (Phi) is 10.2. The Balaban J connectivity index is 1.68. The molecule has 10 heteroatoms. The number of halogens is 2. The van der Waals surface area contributed by atoms with E-state index in [1.807, 2.05) is 0 Å². The fourth-order valence-electron chi connectivity index (χ4n) is 4.30. The maximum Gasteiger partial charge on any atom is 0.242 e. The molecule has 0 radical (unpaired) electrons. The van der Waals surface area contributed by atoms with Crippen molar-refractivity contribution in [3.8, 4) is 0 Å². The van der Waals surface area contributed by atoms with Gasteiger partial charge in [0.1, 0.15) is 6.04 Å². The van der Waals surface area contributed by atoms with Gasteiger partial charge >= 0.3 is 0 Å². The number of sulfonamides is 1. The van der Waals surface area contributed by atoms with Gasteiger partial charge < -0.3 is 10.2 Å². The predicted octanol–water partition coefficient (Wildman–Crippen LogP) is 4.87. The number of carbonyl (C=O) groups excluding carboxylic acids is 2. The quantitative estimate of drug-likeness (QED) is 0.430. The largest absolute Gasteiger partial charge is 0.352 e. The van der Waals surface area contributed by atoms with E-state index in [0.29, 0.717) is 22.0 Å². The van der Waals surface area contributed by atoms with Crippen LogP contribution in [0.5, 0.6) is 0 Å². The van der Waals surface area contributed by atoms with E-state index in [1.54, 1.807) is 55.5 Å². The van der Waals surface area contributed by atoms with Crippen LogP contribution in [0.2, 0.25) is 10.0 Å². The zero-order valence-corrected chi connectivity index (χ0v) is 23.0. The van der Waals surface area contributed by atoms with Gasteiger partial charge in [-0.1, -0.05) is 60.3 Å². The second-order valence-corrected chi connectivity index (χ2v) is 12.1. The van der Waals surface area contributed by atoms with Crippen LogP contribution in [-0.2, 0) is 26.2 Å². The lowest BCUT2D eigenvalue weighted by atomic mass is 10.1. The van der Waals surface area contributed by atoms with Crippen molar-refractivity contribution >= 4 is 45.0 Å². The van der Waals surface area contributed by atoms with Crippen LogP contribution in [0.4, 0.5) is 0 Å². The summed E-state index contributed by atoms with van der Waals surface area (Å²) in [6.07, 6.45) is 4.45. The third-order valence-corrected chi connectivity index (χ3v) is 9.00. The molecule has 1 N–H and O–H groups in total. The standard InChI is InChI=1S/C26H33Cl2N3O4S/c1-19(26(33)29-22-9-6-7-10-22)31(18-20-14-15-21(27)17-24(20)28)25(32)13-8-16-30(2)36(34,35)23-11-4-3-5-12-23/h3-5,11-12,14-15,17,19,22H,6-10,13,16,18H2,1-2H3,(H,29,33)/t19-/m1/s1. The summed E-state index contributed by atoms with van der Waals surface area (Å²) in [4.78, 5) is 28.0. The Morgan fingerprint density at radius 3 is 2.39 bits per heavy atom. The van der Waals surface area contributed by atoms with Gasteiger partial charge in [-0.05, 0) is 56.0 Å². The summed E-state index contributed by atoms with van der Waals surface area (Å²) < 4.78 is 26.8. The molecule has 0 bridgehead atoms. The molecule has 1 atom stereocenters. The van der Waals surface area contributed by atoms with Crippen LogP contribution in [-0.4, -0.2) is 55.1 Å². The molecule has 0 aliphatic heterocycles. The maximum absolute atomic E-state index is 13.3. The first-order valence-electron chi connectivity index (χ1n) is 12.1. The molecule has 196 valence electrons.